The maximum absolute atomic E-state index is 11.7. The highest BCUT2D eigenvalue weighted by Gasteiger charge is 2.17. The Morgan fingerprint density at radius 3 is 2.45 bits per heavy atom. The van der Waals surface area contributed by atoms with Crippen molar-refractivity contribution in [3.63, 3.8) is 0 Å². The highest BCUT2D eigenvalue weighted by atomic mass is 32.1. The van der Waals surface area contributed by atoms with E-state index in [1.54, 1.807) is 27.7 Å². The largest absolute Gasteiger partial charge is 0.476 e. The number of carboxylic acids is 1. The quantitative estimate of drug-likeness (QED) is 0.760. The van der Waals surface area contributed by atoms with E-state index in [0.717, 1.165) is 11.3 Å². The molecule has 0 bridgehead atoms. The predicted molar refractivity (Wildman–Crippen MR) is 81.3 cm³/mol. The van der Waals surface area contributed by atoms with E-state index in [2.05, 4.69) is 15.6 Å². The number of carbonyl (C=O) groups is 3. The van der Waals surface area contributed by atoms with Crippen LogP contribution in [0.25, 0.3) is 0 Å². The number of rotatable bonds is 5. The first-order valence-electron chi connectivity index (χ1n) is 6.56. The summed E-state index contributed by atoms with van der Waals surface area (Å²) in [4.78, 5) is 38.2. The molecule has 8 nitrogen and oxygen atoms in total. The number of thiazole rings is 1. The summed E-state index contributed by atoms with van der Waals surface area (Å²) in [6.07, 6.45) is -0.571. The van der Waals surface area contributed by atoms with Gasteiger partial charge in [0.2, 0.25) is 5.91 Å². The molecule has 1 aromatic rings. The lowest BCUT2D eigenvalue weighted by atomic mass is 10.2. The maximum atomic E-state index is 11.7. The number of anilines is 1. The first-order chi connectivity index (χ1) is 10.1. The van der Waals surface area contributed by atoms with E-state index in [-0.39, 0.29) is 29.7 Å². The standard InChI is InChI=1S/C13H19N3O5S/c1-7-9(10(18)19)16-11(22-7)15-8(17)5-6-14-12(20)21-13(2,3)4/h5-6H2,1-4H3,(H,14,20)(H,18,19)(H,15,16,17). The molecule has 2 amide bonds. The molecule has 0 atom stereocenters. The molecule has 0 fully saturated rings. The zero-order valence-electron chi connectivity index (χ0n) is 12.8. The number of aryl methyl sites for hydroxylation is 1. The number of alkyl carbamates (subject to hydrolysis) is 1. The van der Waals surface area contributed by atoms with Crippen molar-refractivity contribution in [1.82, 2.24) is 10.3 Å². The molecule has 22 heavy (non-hydrogen) atoms. The molecular weight excluding hydrogens is 310 g/mol. The second-order valence-electron chi connectivity index (χ2n) is 5.46. The number of aromatic nitrogens is 1. The third-order valence-electron chi connectivity index (χ3n) is 2.27. The highest BCUT2D eigenvalue weighted by Crippen LogP contribution is 2.21. The summed E-state index contributed by atoms with van der Waals surface area (Å²) in [7, 11) is 0. The van der Waals surface area contributed by atoms with Crippen LogP contribution in [-0.4, -0.2) is 40.2 Å². The van der Waals surface area contributed by atoms with E-state index in [1.807, 2.05) is 0 Å². The van der Waals surface area contributed by atoms with Gasteiger partial charge in [-0.05, 0) is 27.7 Å². The summed E-state index contributed by atoms with van der Waals surface area (Å²) in [5, 5.41) is 14.0. The van der Waals surface area contributed by atoms with Crippen molar-refractivity contribution in [2.24, 2.45) is 0 Å². The normalized spacial score (nSPS) is 10.9. The van der Waals surface area contributed by atoms with Crippen molar-refractivity contribution in [1.29, 1.82) is 0 Å². The van der Waals surface area contributed by atoms with E-state index in [9.17, 15) is 14.4 Å². The summed E-state index contributed by atoms with van der Waals surface area (Å²) >= 11 is 1.08. The van der Waals surface area contributed by atoms with Crippen LogP contribution in [0.2, 0.25) is 0 Å². The summed E-state index contributed by atoms with van der Waals surface area (Å²) in [6, 6.07) is 0. The molecule has 0 spiro atoms. The van der Waals surface area contributed by atoms with Gasteiger partial charge >= 0.3 is 12.1 Å². The predicted octanol–water partition coefficient (Wildman–Crippen LogP) is 2.00. The Bertz CT molecular complexity index is 577. The van der Waals surface area contributed by atoms with Crippen LogP contribution in [0.1, 0.15) is 42.6 Å². The molecule has 0 aliphatic rings. The fraction of sp³-hybridized carbons (Fsp3) is 0.538. The van der Waals surface area contributed by atoms with E-state index in [1.165, 1.54) is 0 Å². The summed E-state index contributed by atoms with van der Waals surface area (Å²) in [5.74, 6) is -1.51. The van der Waals surface area contributed by atoms with Crippen LogP contribution in [0.3, 0.4) is 0 Å². The van der Waals surface area contributed by atoms with Crippen molar-refractivity contribution in [2.75, 3.05) is 11.9 Å². The second-order valence-corrected chi connectivity index (χ2v) is 6.66. The lowest BCUT2D eigenvalue weighted by Gasteiger charge is -2.19. The summed E-state index contributed by atoms with van der Waals surface area (Å²) in [5.41, 5.74) is -0.676. The van der Waals surface area contributed by atoms with E-state index in [0.29, 0.717) is 4.88 Å². The lowest BCUT2D eigenvalue weighted by Crippen LogP contribution is -2.34. The highest BCUT2D eigenvalue weighted by molar-refractivity contribution is 7.16. The van der Waals surface area contributed by atoms with Gasteiger partial charge in [-0.15, -0.1) is 11.3 Å². The van der Waals surface area contributed by atoms with Gasteiger partial charge in [-0.3, -0.25) is 4.79 Å². The van der Waals surface area contributed by atoms with Gasteiger partial charge in [0.25, 0.3) is 0 Å². The van der Waals surface area contributed by atoms with Crippen molar-refractivity contribution in [3.05, 3.63) is 10.6 Å². The molecule has 122 valence electrons. The van der Waals surface area contributed by atoms with Crippen LogP contribution in [-0.2, 0) is 9.53 Å². The Morgan fingerprint density at radius 1 is 1.32 bits per heavy atom. The third-order valence-corrected chi connectivity index (χ3v) is 3.15. The fourth-order valence-corrected chi connectivity index (χ4v) is 2.24. The minimum absolute atomic E-state index is 0.0281. The molecule has 0 aliphatic carbocycles. The van der Waals surface area contributed by atoms with Crippen molar-refractivity contribution in [3.8, 4) is 0 Å². The van der Waals surface area contributed by atoms with Crippen LogP contribution < -0.4 is 10.6 Å². The number of ether oxygens (including phenoxy) is 1. The SMILES string of the molecule is Cc1sc(NC(=O)CCNC(=O)OC(C)(C)C)nc1C(=O)O. The van der Waals surface area contributed by atoms with E-state index in [4.69, 9.17) is 9.84 Å². The molecule has 1 heterocycles. The zero-order valence-corrected chi connectivity index (χ0v) is 13.7. The maximum Gasteiger partial charge on any atom is 0.407 e. The van der Waals surface area contributed by atoms with Crippen molar-refractivity contribution in [2.45, 2.75) is 39.7 Å². The van der Waals surface area contributed by atoms with Gasteiger partial charge in [-0.1, -0.05) is 0 Å². The molecule has 1 rings (SSSR count). The van der Waals surface area contributed by atoms with Gasteiger partial charge in [-0.25, -0.2) is 14.6 Å². The molecule has 9 heteroatoms. The van der Waals surface area contributed by atoms with Gasteiger partial charge < -0.3 is 20.5 Å². The Balaban J connectivity index is 2.40. The Kier molecular flexibility index (Phi) is 5.86. The first kappa shape index (κ1) is 17.9. The number of hydrogen-bond donors (Lipinski definition) is 3. The molecule has 0 unspecified atom stereocenters. The lowest BCUT2D eigenvalue weighted by molar-refractivity contribution is -0.116. The van der Waals surface area contributed by atoms with E-state index < -0.39 is 17.7 Å². The minimum atomic E-state index is -1.14. The smallest absolute Gasteiger partial charge is 0.407 e. The number of amides is 2. The number of carboxylic acid groups (broad SMARTS) is 1. The Hall–Kier alpha value is -2.16. The van der Waals surface area contributed by atoms with Gasteiger partial charge in [0.15, 0.2) is 10.8 Å². The Labute approximate surface area is 131 Å². The van der Waals surface area contributed by atoms with Gasteiger partial charge in [0, 0.05) is 17.8 Å². The number of hydrogen-bond acceptors (Lipinski definition) is 6. The first-order valence-corrected chi connectivity index (χ1v) is 7.37. The number of aromatic carboxylic acids is 1. The van der Waals surface area contributed by atoms with Crippen LogP contribution in [0, 0.1) is 6.92 Å². The van der Waals surface area contributed by atoms with Gasteiger partial charge in [-0.2, -0.15) is 0 Å². The van der Waals surface area contributed by atoms with Gasteiger partial charge in [0.1, 0.15) is 5.60 Å². The van der Waals surface area contributed by atoms with Crippen molar-refractivity contribution < 1.29 is 24.2 Å². The average Bonchev–Trinajstić information content (AvgIpc) is 2.67. The molecule has 0 saturated carbocycles. The Morgan fingerprint density at radius 2 is 1.95 bits per heavy atom. The van der Waals surface area contributed by atoms with Crippen molar-refractivity contribution >= 4 is 34.4 Å². The van der Waals surface area contributed by atoms with Crippen LogP contribution in [0.5, 0.6) is 0 Å². The van der Waals surface area contributed by atoms with Crippen LogP contribution >= 0.6 is 11.3 Å². The number of nitrogens with one attached hydrogen (secondary N) is 2. The summed E-state index contributed by atoms with van der Waals surface area (Å²) < 4.78 is 5.03. The van der Waals surface area contributed by atoms with Crippen LogP contribution in [0.4, 0.5) is 9.93 Å². The minimum Gasteiger partial charge on any atom is -0.476 e. The molecular formula is C13H19N3O5S. The average molecular weight is 329 g/mol. The molecule has 0 saturated heterocycles. The zero-order chi connectivity index (χ0) is 16.9. The molecule has 0 radical (unpaired) electrons. The molecule has 3 N–H and O–H groups in total. The monoisotopic (exact) mass is 329 g/mol. The third kappa shape index (κ3) is 6.08. The topological polar surface area (TPSA) is 118 Å². The fourth-order valence-electron chi connectivity index (χ4n) is 1.42. The van der Waals surface area contributed by atoms with Gasteiger partial charge in [0.05, 0.1) is 0 Å². The number of nitrogens with zero attached hydrogens (tertiary/aromatic N) is 1. The van der Waals surface area contributed by atoms with Crippen LogP contribution in [0.15, 0.2) is 0 Å². The second kappa shape index (κ2) is 7.21. The molecule has 1 aromatic heterocycles. The number of carbonyl (C=O) groups excluding carboxylic acids is 2. The van der Waals surface area contributed by atoms with E-state index >= 15 is 0 Å². The molecule has 0 aromatic carbocycles. The molecule has 0 aliphatic heterocycles. The summed E-state index contributed by atoms with van der Waals surface area (Å²) in [6.45, 7) is 6.94.